The predicted octanol–water partition coefficient (Wildman–Crippen LogP) is -0.0716. The maximum atomic E-state index is 11.7. The number of anilines is 1. The number of primary amides is 1. The van der Waals surface area contributed by atoms with Gasteiger partial charge >= 0.3 is 0 Å². The molecule has 1 aliphatic rings. The lowest BCUT2D eigenvalue weighted by Gasteiger charge is -2.14. The lowest BCUT2D eigenvalue weighted by molar-refractivity contribution is -0.123. The number of methoxy groups -OCH3 is 1. The summed E-state index contributed by atoms with van der Waals surface area (Å²) >= 11 is 0. The predicted molar refractivity (Wildman–Crippen MR) is 60.4 cm³/mol. The molecule has 0 radical (unpaired) electrons. The van der Waals surface area contributed by atoms with Gasteiger partial charge in [0.05, 0.1) is 19.2 Å². The van der Waals surface area contributed by atoms with Crippen LogP contribution < -0.4 is 15.4 Å². The second-order valence-electron chi connectivity index (χ2n) is 3.86. The van der Waals surface area contributed by atoms with Gasteiger partial charge in [-0.1, -0.05) is 0 Å². The third kappa shape index (κ3) is 2.20. The molecule has 0 spiro atoms. The molecule has 1 unspecified atom stereocenters. The largest absolute Gasteiger partial charge is 0.495 e. The fraction of sp³-hybridized carbons (Fsp3) is 0.364. The quantitative estimate of drug-likeness (QED) is 0.794. The number of hydrogen-bond donors (Lipinski definition) is 1. The van der Waals surface area contributed by atoms with Crippen LogP contribution in [-0.2, 0) is 9.59 Å². The number of nitrogens with two attached hydrogens (primary N) is 1. The van der Waals surface area contributed by atoms with E-state index in [0.29, 0.717) is 18.1 Å². The van der Waals surface area contributed by atoms with Crippen LogP contribution in [0.5, 0.6) is 5.75 Å². The van der Waals surface area contributed by atoms with E-state index in [1.54, 1.807) is 19.2 Å². The summed E-state index contributed by atoms with van der Waals surface area (Å²) < 4.78 is 4.98. The van der Waals surface area contributed by atoms with E-state index in [4.69, 9.17) is 10.5 Å². The lowest BCUT2D eigenvalue weighted by Crippen LogP contribution is -2.28. The van der Waals surface area contributed by atoms with Crippen LogP contribution in [0.1, 0.15) is 6.42 Å². The molecule has 90 valence electrons. The van der Waals surface area contributed by atoms with Gasteiger partial charge in [0.25, 0.3) is 0 Å². The fourth-order valence-electron chi connectivity index (χ4n) is 1.77. The van der Waals surface area contributed by atoms with Crippen molar-refractivity contribution < 1.29 is 14.3 Å². The van der Waals surface area contributed by atoms with Gasteiger partial charge < -0.3 is 10.5 Å². The maximum Gasteiger partial charge on any atom is 0.229 e. The molecule has 1 saturated heterocycles. The number of amides is 2. The molecule has 0 aromatic carbocycles. The standard InChI is InChI=1S/C11H13N3O3/c1-17-8-2-3-9(13-5-8)14-6-7(11(12)16)4-10(14)15/h2-3,5,7H,4,6H2,1H3,(H2,12,16). The van der Waals surface area contributed by atoms with Crippen molar-refractivity contribution in [2.75, 3.05) is 18.6 Å². The van der Waals surface area contributed by atoms with Gasteiger partial charge in [0, 0.05) is 13.0 Å². The van der Waals surface area contributed by atoms with Crippen LogP contribution in [0.25, 0.3) is 0 Å². The summed E-state index contributed by atoms with van der Waals surface area (Å²) in [6.07, 6.45) is 1.68. The summed E-state index contributed by atoms with van der Waals surface area (Å²) in [4.78, 5) is 28.3. The Morgan fingerprint density at radius 2 is 2.35 bits per heavy atom. The highest BCUT2D eigenvalue weighted by atomic mass is 16.5. The topological polar surface area (TPSA) is 85.5 Å². The lowest BCUT2D eigenvalue weighted by atomic mass is 10.1. The Hall–Kier alpha value is -2.11. The number of carbonyl (C=O) groups excluding carboxylic acids is 2. The molecule has 0 saturated carbocycles. The zero-order valence-corrected chi connectivity index (χ0v) is 9.42. The normalized spacial score (nSPS) is 19.5. The molecule has 1 aliphatic heterocycles. The van der Waals surface area contributed by atoms with Crippen LogP contribution in [0, 0.1) is 5.92 Å². The average molecular weight is 235 g/mol. The minimum atomic E-state index is -0.450. The molecule has 2 N–H and O–H groups in total. The first-order valence-electron chi connectivity index (χ1n) is 5.21. The van der Waals surface area contributed by atoms with Crippen molar-refractivity contribution in [2.45, 2.75) is 6.42 Å². The third-order valence-electron chi connectivity index (χ3n) is 2.76. The molecule has 17 heavy (non-hydrogen) atoms. The Morgan fingerprint density at radius 1 is 1.59 bits per heavy atom. The molecule has 6 heteroatoms. The first kappa shape index (κ1) is 11.4. The van der Waals surface area contributed by atoms with Gasteiger partial charge in [-0.15, -0.1) is 0 Å². The minimum absolute atomic E-state index is 0.133. The molecule has 0 aliphatic carbocycles. The number of ether oxygens (including phenoxy) is 1. The van der Waals surface area contributed by atoms with E-state index in [-0.39, 0.29) is 12.3 Å². The first-order valence-corrected chi connectivity index (χ1v) is 5.21. The van der Waals surface area contributed by atoms with Gasteiger partial charge in [-0.2, -0.15) is 0 Å². The highest BCUT2D eigenvalue weighted by molar-refractivity contribution is 5.99. The molecule has 2 heterocycles. The Morgan fingerprint density at radius 3 is 2.82 bits per heavy atom. The summed E-state index contributed by atoms with van der Waals surface area (Å²) in [5.41, 5.74) is 5.19. The Balaban J connectivity index is 2.17. The molecule has 1 atom stereocenters. The number of hydrogen-bond acceptors (Lipinski definition) is 4. The van der Waals surface area contributed by atoms with E-state index in [1.807, 2.05) is 0 Å². The van der Waals surface area contributed by atoms with E-state index < -0.39 is 11.8 Å². The summed E-state index contributed by atoms with van der Waals surface area (Å²) in [7, 11) is 1.54. The summed E-state index contributed by atoms with van der Waals surface area (Å²) in [6, 6.07) is 3.40. The molecule has 2 rings (SSSR count). The summed E-state index contributed by atoms with van der Waals surface area (Å²) in [5, 5.41) is 0. The monoisotopic (exact) mass is 235 g/mol. The van der Waals surface area contributed by atoms with Crippen LogP contribution in [0.4, 0.5) is 5.82 Å². The number of rotatable bonds is 3. The molecule has 6 nitrogen and oxygen atoms in total. The Kier molecular flexibility index (Phi) is 2.95. The Bertz CT molecular complexity index is 444. The number of aromatic nitrogens is 1. The molecular formula is C11H13N3O3. The van der Waals surface area contributed by atoms with Crippen molar-refractivity contribution in [3.63, 3.8) is 0 Å². The summed E-state index contributed by atoms with van der Waals surface area (Å²) in [6.45, 7) is 0.299. The number of nitrogens with zero attached hydrogens (tertiary/aromatic N) is 2. The molecule has 1 aromatic heterocycles. The molecule has 1 aromatic rings. The first-order chi connectivity index (χ1) is 8.11. The fourth-order valence-corrected chi connectivity index (χ4v) is 1.77. The smallest absolute Gasteiger partial charge is 0.229 e. The molecule has 2 amide bonds. The molecule has 1 fully saturated rings. The Labute approximate surface area is 98.4 Å². The zero-order chi connectivity index (χ0) is 12.4. The van der Waals surface area contributed by atoms with Gasteiger partial charge in [-0.05, 0) is 12.1 Å². The number of carbonyl (C=O) groups is 2. The van der Waals surface area contributed by atoms with Crippen molar-refractivity contribution in [1.29, 1.82) is 0 Å². The second kappa shape index (κ2) is 4.40. The van der Waals surface area contributed by atoms with Crippen molar-refractivity contribution in [2.24, 2.45) is 11.7 Å². The molecular weight excluding hydrogens is 222 g/mol. The van der Waals surface area contributed by atoms with Crippen molar-refractivity contribution >= 4 is 17.6 Å². The zero-order valence-electron chi connectivity index (χ0n) is 9.42. The van der Waals surface area contributed by atoms with E-state index in [1.165, 1.54) is 11.1 Å². The number of pyridine rings is 1. The van der Waals surface area contributed by atoms with Gasteiger partial charge in [-0.25, -0.2) is 4.98 Å². The summed E-state index contributed by atoms with van der Waals surface area (Å²) in [5.74, 6) is 0.124. The highest BCUT2D eigenvalue weighted by Gasteiger charge is 2.34. The van der Waals surface area contributed by atoms with Crippen LogP contribution in [0.2, 0.25) is 0 Å². The van der Waals surface area contributed by atoms with Gasteiger partial charge in [0.1, 0.15) is 11.6 Å². The van der Waals surface area contributed by atoms with Gasteiger partial charge in [0.2, 0.25) is 11.8 Å². The maximum absolute atomic E-state index is 11.7. The van der Waals surface area contributed by atoms with Crippen LogP contribution in [-0.4, -0.2) is 30.5 Å². The van der Waals surface area contributed by atoms with E-state index in [9.17, 15) is 9.59 Å². The van der Waals surface area contributed by atoms with Crippen LogP contribution >= 0.6 is 0 Å². The van der Waals surface area contributed by atoms with Gasteiger partial charge in [-0.3, -0.25) is 14.5 Å². The van der Waals surface area contributed by atoms with E-state index in [0.717, 1.165) is 0 Å². The van der Waals surface area contributed by atoms with Crippen molar-refractivity contribution in [1.82, 2.24) is 4.98 Å². The van der Waals surface area contributed by atoms with Crippen LogP contribution in [0.3, 0.4) is 0 Å². The molecule has 0 bridgehead atoms. The third-order valence-corrected chi connectivity index (χ3v) is 2.76. The highest BCUT2D eigenvalue weighted by Crippen LogP contribution is 2.24. The average Bonchev–Trinajstić information content (AvgIpc) is 2.72. The van der Waals surface area contributed by atoms with E-state index in [2.05, 4.69) is 4.98 Å². The second-order valence-corrected chi connectivity index (χ2v) is 3.86. The minimum Gasteiger partial charge on any atom is -0.495 e. The van der Waals surface area contributed by atoms with Gasteiger partial charge in [0.15, 0.2) is 0 Å². The van der Waals surface area contributed by atoms with Crippen LogP contribution in [0.15, 0.2) is 18.3 Å². The van der Waals surface area contributed by atoms with Crippen molar-refractivity contribution in [3.05, 3.63) is 18.3 Å². The van der Waals surface area contributed by atoms with E-state index >= 15 is 0 Å². The SMILES string of the molecule is COc1ccc(N2CC(C(N)=O)CC2=O)nc1. The van der Waals surface area contributed by atoms with Crippen molar-refractivity contribution in [3.8, 4) is 5.75 Å².